The molecule has 0 saturated heterocycles. The van der Waals surface area contributed by atoms with Crippen molar-refractivity contribution >= 4 is 23.2 Å². The number of anilines is 1. The summed E-state index contributed by atoms with van der Waals surface area (Å²) in [5.41, 5.74) is 0.675. The van der Waals surface area contributed by atoms with Gasteiger partial charge in [-0.3, -0.25) is 4.79 Å². The van der Waals surface area contributed by atoms with Gasteiger partial charge < -0.3 is 10.1 Å². The molecule has 1 aromatic carbocycles. The fraction of sp³-hybridized carbons (Fsp3) is 0.182. The second kappa shape index (κ2) is 5.94. The fourth-order valence-electron chi connectivity index (χ4n) is 0.954. The number of hydrogen-bond acceptors (Lipinski definition) is 2. The number of rotatable bonds is 4. The van der Waals surface area contributed by atoms with Crippen LogP contribution in [-0.4, -0.2) is 18.4 Å². The predicted octanol–water partition coefficient (Wildman–Crippen LogP) is 1.88. The van der Waals surface area contributed by atoms with Crippen LogP contribution < -0.4 is 10.1 Å². The number of terminal acetylenes is 1. The van der Waals surface area contributed by atoms with Gasteiger partial charge in [-0.25, -0.2) is 0 Å². The zero-order valence-electron chi connectivity index (χ0n) is 8.00. The Bertz CT molecular complexity index is 367. The van der Waals surface area contributed by atoms with E-state index in [-0.39, 0.29) is 18.4 Å². The molecule has 0 aliphatic heterocycles. The van der Waals surface area contributed by atoms with Gasteiger partial charge in [-0.05, 0) is 24.3 Å². The Morgan fingerprint density at radius 1 is 1.47 bits per heavy atom. The van der Waals surface area contributed by atoms with Gasteiger partial charge in [0, 0.05) is 5.69 Å². The standard InChI is InChI=1S/C11H10ClNO2/c1-2-7-15-10-5-3-9(4-6-10)13-11(14)8-12/h1,3-6H,7-8H2,(H,13,14). The summed E-state index contributed by atoms with van der Waals surface area (Å²) < 4.78 is 5.17. The Hall–Kier alpha value is -1.66. The largest absolute Gasteiger partial charge is 0.481 e. The molecule has 0 unspecified atom stereocenters. The number of ether oxygens (including phenoxy) is 1. The zero-order chi connectivity index (χ0) is 11.1. The average molecular weight is 224 g/mol. The summed E-state index contributed by atoms with van der Waals surface area (Å²) in [5.74, 6) is 2.72. The van der Waals surface area contributed by atoms with Crippen molar-refractivity contribution in [1.82, 2.24) is 0 Å². The van der Waals surface area contributed by atoms with Crippen molar-refractivity contribution in [2.75, 3.05) is 17.8 Å². The molecule has 1 rings (SSSR count). The summed E-state index contributed by atoms with van der Waals surface area (Å²) in [6, 6.07) is 6.88. The van der Waals surface area contributed by atoms with E-state index in [4.69, 9.17) is 22.8 Å². The number of halogens is 1. The predicted molar refractivity (Wildman–Crippen MR) is 60.1 cm³/mol. The van der Waals surface area contributed by atoms with Gasteiger partial charge in [-0.2, -0.15) is 0 Å². The molecule has 4 heteroatoms. The van der Waals surface area contributed by atoms with Gasteiger partial charge in [0.05, 0.1) is 0 Å². The van der Waals surface area contributed by atoms with Crippen molar-refractivity contribution in [2.24, 2.45) is 0 Å². The summed E-state index contributed by atoms with van der Waals surface area (Å²) in [7, 11) is 0. The first-order valence-electron chi connectivity index (χ1n) is 4.28. The summed E-state index contributed by atoms with van der Waals surface area (Å²) in [5, 5.41) is 2.61. The van der Waals surface area contributed by atoms with Crippen LogP contribution in [0.2, 0.25) is 0 Å². The van der Waals surface area contributed by atoms with E-state index in [0.29, 0.717) is 11.4 Å². The number of carbonyl (C=O) groups is 1. The molecule has 0 atom stereocenters. The molecule has 0 spiro atoms. The quantitative estimate of drug-likeness (QED) is 0.625. The van der Waals surface area contributed by atoms with Gasteiger partial charge in [-0.15, -0.1) is 18.0 Å². The summed E-state index contributed by atoms with van der Waals surface area (Å²) >= 11 is 5.34. The molecule has 0 aliphatic carbocycles. The first-order chi connectivity index (χ1) is 7.26. The third-order valence-corrected chi connectivity index (χ3v) is 1.82. The number of benzene rings is 1. The Morgan fingerprint density at radius 2 is 2.13 bits per heavy atom. The first-order valence-corrected chi connectivity index (χ1v) is 4.82. The van der Waals surface area contributed by atoms with Crippen molar-refractivity contribution in [3.8, 4) is 18.1 Å². The molecule has 0 bridgehead atoms. The summed E-state index contributed by atoms with van der Waals surface area (Å²) in [6.07, 6.45) is 5.04. The molecule has 0 aliphatic rings. The van der Waals surface area contributed by atoms with Crippen LogP contribution in [0.25, 0.3) is 0 Å². The highest BCUT2D eigenvalue weighted by atomic mass is 35.5. The molecular weight excluding hydrogens is 214 g/mol. The van der Waals surface area contributed by atoms with Crippen molar-refractivity contribution in [3.05, 3.63) is 24.3 Å². The number of carbonyl (C=O) groups excluding carboxylic acids is 1. The van der Waals surface area contributed by atoms with Crippen molar-refractivity contribution in [2.45, 2.75) is 0 Å². The van der Waals surface area contributed by atoms with E-state index in [1.54, 1.807) is 24.3 Å². The van der Waals surface area contributed by atoms with Crippen LogP contribution in [0, 0.1) is 12.3 Å². The number of alkyl halides is 1. The monoisotopic (exact) mass is 223 g/mol. The van der Waals surface area contributed by atoms with E-state index in [2.05, 4.69) is 11.2 Å². The van der Waals surface area contributed by atoms with E-state index >= 15 is 0 Å². The molecule has 1 amide bonds. The van der Waals surface area contributed by atoms with Crippen molar-refractivity contribution in [1.29, 1.82) is 0 Å². The maximum Gasteiger partial charge on any atom is 0.239 e. The fourth-order valence-corrected chi connectivity index (χ4v) is 1.02. The Balaban J connectivity index is 2.57. The molecule has 0 aromatic heterocycles. The number of amides is 1. The Morgan fingerprint density at radius 3 is 2.67 bits per heavy atom. The second-order valence-electron chi connectivity index (χ2n) is 2.70. The van der Waals surface area contributed by atoms with Gasteiger partial charge in [0.1, 0.15) is 18.2 Å². The minimum absolute atomic E-state index is 0.0602. The number of hydrogen-bond donors (Lipinski definition) is 1. The van der Waals surface area contributed by atoms with Gasteiger partial charge in [0.25, 0.3) is 0 Å². The van der Waals surface area contributed by atoms with E-state index in [9.17, 15) is 4.79 Å². The number of nitrogens with one attached hydrogen (secondary N) is 1. The zero-order valence-corrected chi connectivity index (χ0v) is 8.75. The average Bonchev–Trinajstić information content (AvgIpc) is 2.28. The van der Waals surface area contributed by atoms with Gasteiger partial charge >= 0.3 is 0 Å². The first kappa shape index (κ1) is 11.4. The van der Waals surface area contributed by atoms with Crippen LogP contribution in [0.3, 0.4) is 0 Å². The molecule has 0 fully saturated rings. The maximum atomic E-state index is 10.9. The molecule has 1 aromatic rings. The van der Waals surface area contributed by atoms with Crippen LogP contribution in [0.1, 0.15) is 0 Å². The van der Waals surface area contributed by atoms with Crippen molar-refractivity contribution < 1.29 is 9.53 Å². The normalized spacial score (nSPS) is 9.07. The lowest BCUT2D eigenvalue weighted by Gasteiger charge is -2.05. The van der Waals surface area contributed by atoms with Crippen molar-refractivity contribution in [3.63, 3.8) is 0 Å². The van der Waals surface area contributed by atoms with Crippen LogP contribution in [0.15, 0.2) is 24.3 Å². The van der Waals surface area contributed by atoms with Gasteiger partial charge in [0.15, 0.2) is 0 Å². The second-order valence-corrected chi connectivity index (χ2v) is 2.97. The third kappa shape index (κ3) is 3.92. The van der Waals surface area contributed by atoms with Crippen LogP contribution >= 0.6 is 11.6 Å². The lowest BCUT2D eigenvalue weighted by molar-refractivity contribution is -0.113. The SMILES string of the molecule is C#CCOc1ccc(NC(=O)CCl)cc1. The minimum atomic E-state index is -0.242. The Kier molecular flexibility index (Phi) is 4.52. The highest BCUT2D eigenvalue weighted by Crippen LogP contribution is 2.15. The van der Waals surface area contributed by atoms with Crippen LogP contribution in [0.5, 0.6) is 5.75 Å². The Labute approximate surface area is 93.4 Å². The van der Waals surface area contributed by atoms with E-state index < -0.39 is 0 Å². The van der Waals surface area contributed by atoms with E-state index in [1.807, 2.05) is 0 Å². The highest BCUT2D eigenvalue weighted by Gasteiger charge is 1.99. The molecule has 0 saturated carbocycles. The highest BCUT2D eigenvalue weighted by molar-refractivity contribution is 6.29. The maximum absolute atomic E-state index is 10.9. The molecule has 0 radical (unpaired) electrons. The van der Waals surface area contributed by atoms with Crippen LogP contribution in [-0.2, 0) is 4.79 Å². The third-order valence-electron chi connectivity index (χ3n) is 1.58. The lowest BCUT2D eigenvalue weighted by atomic mass is 10.3. The van der Waals surface area contributed by atoms with Gasteiger partial charge in [-0.1, -0.05) is 5.92 Å². The minimum Gasteiger partial charge on any atom is -0.481 e. The van der Waals surface area contributed by atoms with Gasteiger partial charge in [0.2, 0.25) is 5.91 Å². The molecular formula is C11H10ClNO2. The van der Waals surface area contributed by atoms with E-state index in [0.717, 1.165) is 0 Å². The molecule has 78 valence electrons. The lowest BCUT2D eigenvalue weighted by Crippen LogP contribution is -2.12. The molecule has 3 nitrogen and oxygen atoms in total. The molecule has 15 heavy (non-hydrogen) atoms. The summed E-state index contributed by atoms with van der Waals surface area (Å²) in [4.78, 5) is 10.9. The smallest absolute Gasteiger partial charge is 0.239 e. The summed E-state index contributed by atoms with van der Waals surface area (Å²) in [6.45, 7) is 0.230. The van der Waals surface area contributed by atoms with Crippen LogP contribution in [0.4, 0.5) is 5.69 Å². The van der Waals surface area contributed by atoms with E-state index in [1.165, 1.54) is 0 Å². The molecule has 0 heterocycles. The molecule has 1 N–H and O–H groups in total. The topological polar surface area (TPSA) is 38.3 Å².